The van der Waals surface area contributed by atoms with Crippen LogP contribution in [0.1, 0.15) is 11.1 Å². The average molecular weight is 405 g/mol. The van der Waals surface area contributed by atoms with Crippen molar-refractivity contribution in [3.8, 4) is 0 Å². The summed E-state index contributed by atoms with van der Waals surface area (Å²) in [6, 6.07) is 17.3. The van der Waals surface area contributed by atoms with E-state index in [0.29, 0.717) is 0 Å². The quantitative estimate of drug-likeness (QED) is 0.400. The molecule has 0 aliphatic heterocycles. The zero-order chi connectivity index (χ0) is 20.4. The van der Waals surface area contributed by atoms with Crippen molar-refractivity contribution in [2.75, 3.05) is 7.11 Å². The van der Waals surface area contributed by atoms with Gasteiger partial charge in [0.1, 0.15) is 12.6 Å². The third-order valence-corrected chi connectivity index (χ3v) is 4.07. The van der Waals surface area contributed by atoms with E-state index in [0.717, 1.165) is 18.2 Å². The van der Waals surface area contributed by atoms with Crippen LogP contribution in [0.4, 0.5) is 4.79 Å². The van der Waals surface area contributed by atoms with E-state index in [-0.39, 0.29) is 13.0 Å². The summed E-state index contributed by atoms with van der Waals surface area (Å²) in [6.45, 7) is 0.0621. The summed E-state index contributed by atoms with van der Waals surface area (Å²) in [5.41, 5.74) is 0.265. The second-order valence-corrected chi connectivity index (χ2v) is 6.28. The third-order valence-electron chi connectivity index (χ3n) is 3.78. The Labute approximate surface area is 168 Å². The van der Waals surface area contributed by atoms with Crippen LogP contribution in [0.5, 0.6) is 0 Å². The maximum absolute atomic E-state index is 12.5. The van der Waals surface area contributed by atoms with Gasteiger partial charge in [-0.1, -0.05) is 72.3 Å². The fraction of sp³-hybridized carbons (Fsp3) is 0.250. The molecule has 0 heterocycles. The van der Waals surface area contributed by atoms with Crippen LogP contribution in [0.2, 0.25) is 0 Å². The van der Waals surface area contributed by atoms with Crippen LogP contribution in [0.15, 0.2) is 60.7 Å². The maximum Gasteiger partial charge on any atom is 0.408 e. The molecule has 0 radical (unpaired) electrons. The van der Waals surface area contributed by atoms with Crippen LogP contribution in [0.25, 0.3) is 0 Å². The van der Waals surface area contributed by atoms with Crippen molar-refractivity contribution >= 4 is 29.6 Å². The van der Waals surface area contributed by atoms with Crippen LogP contribution in [0.3, 0.4) is 0 Å². The number of rotatable bonds is 8. The van der Waals surface area contributed by atoms with Crippen LogP contribution in [-0.4, -0.2) is 36.6 Å². The molecule has 2 aromatic rings. The van der Waals surface area contributed by atoms with Gasteiger partial charge in [0, 0.05) is 6.42 Å². The largest absolute Gasteiger partial charge is 0.467 e. The smallest absolute Gasteiger partial charge is 0.408 e. The molecule has 0 spiro atoms. The fourth-order valence-electron chi connectivity index (χ4n) is 2.35. The zero-order valence-corrected chi connectivity index (χ0v) is 16.0. The Morgan fingerprint density at radius 1 is 0.929 bits per heavy atom. The molecule has 2 rings (SSSR count). The number of alkyl carbamates (subject to hydrolysis) is 1. The number of nitrogens with one attached hydrogen (secondary N) is 2. The van der Waals surface area contributed by atoms with Gasteiger partial charge in [0.05, 0.1) is 7.11 Å². The van der Waals surface area contributed by atoms with Gasteiger partial charge in [-0.25, -0.2) is 9.59 Å². The van der Waals surface area contributed by atoms with Crippen molar-refractivity contribution < 1.29 is 23.9 Å². The highest BCUT2D eigenvalue weighted by atomic mass is 35.5. The molecule has 1 unspecified atom stereocenters. The summed E-state index contributed by atoms with van der Waals surface area (Å²) >= 11 is 5.80. The van der Waals surface area contributed by atoms with E-state index in [1.807, 2.05) is 60.7 Å². The van der Waals surface area contributed by atoms with Gasteiger partial charge in [-0.2, -0.15) is 0 Å². The van der Waals surface area contributed by atoms with Crippen molar-refractivity contribution in [1.82, 2.24) is 10.6 Å². The number of halogens is 1. The van der Waals surface area contributed by atoms with Gasteiger partial charge in [-0.15, -0.1) is 0 Å². The molecular weight excluding hydrogens is 384 g/mol. The van der Waals surface area contributed by atoms with Crippen LogP contribution in [-0.2, 0) is 32.1 Å². The highest BCUT2D eigenvalue weighted by Gasteiger charge is 2.26. The first kappa shape index (κ1) is 21.2. The minimum absolute atomic E-state index is 0.0621. The molecule has 28 heavy (non-hydrogen) atoms. The molecule has 0 aliphatic rings. The Hall–Kier alpha value is -3.06. The Bertz CT molecular complexity index is 786. The standard InChI is InChI=1S/C20H21ClN2O5/c1-27-19(25)17(21)23-18(24)16(12-14-8-4-2-5-9-14)22-20(26)28-13-15-10-6-3-7-11-15/h2-11,16-17H,12-13H2,1H3,(H,22,26)(H,23,24)/t16-,17?/m0/s1. The molecule has 8 heteroatoms. The van der Waals surface area contributed by atoms with E-state index in [2.05, 4.69) is 15.4 Å². The Morgan fingerprint density at radius 3 is 2.07 bits per heavy atom. The Morgan fingerprint density at radius 2 is 1.50 bits per heavy atom. The monoisotopic (exact) mass is 404 g/mol. The van der Waals surface area contributed by atoms with Crippen molar-refractivity contribution in [1.29, 1.82) is 0 Å². The molecule has 0 bridgehead atoms. The minimum atomic E-state index is -1.36. The third kappa shape index (κ3) is 6.92. The number of hydrogen-bond acceptors (Lipinski definition) is 5. The molecule has 2 N–H and O–H groups in total. The highest BCUT2D eigenvalue weighted by molar-refractivity contribution is 6.30. The number of benzene rings is 2. The van der Waals surface area contributed by atoms with Crippen molar-refractivity contribution in [3.05, 3.63) is 71.8 Å². The molecule has 2 amide bonds. The first-order valence-corrected chi connectivity index (χ1v) is 8.96. The molecule has 7 nitrogen and oxygen atoms in total. The van der Waals surface area contributed by atoms with Crippen molar-refractivity contribution in [3.63, 3.8) is 0 Å². The fourth-order valence-corrected chi connectivity index (χ4v) is 2.55. The second kappa shape index (κ2) is 10.9. The molecule has 2 aromatic carbocycles. The number of hydrogen-bond donors (Lipinski definition) is 2. The number of amides is 2. The van der Waals surface area contributed by atoms with E-state index in [4.69, 9.17) is 16.3 Å². The topological polar surface area (TPSA) is 93.7 Å². The van der Waals surface area contributed by atoms with E-state index >= 15 is 0 Å². The molecular formula is C20H21ClN2O5. The van der Waals surface area contributed by atoms with Crippen LogP contribution < -0.4 is 10.6 Å². The minimum Gasteiger partial charge on any atom is -0.467 e. The van der Waals surface area contributed by atoms with Gasteiger partial charge in [0.2, 0.25) is 11.4 Å². The number of alkyl halides is 1. The summed E-state index contributed by atoms with van der Waals surface area (Å²) in [6.07, 6.45) is -0.568. The Balaban J connectivity index is 2.01. The maximum atomic E-state index is 12.5. The normalized spacial score (nSPS) is 12.4. The molecule has 2 atom stereocenters. The van der Waals surface area contributed by atoms with Crippen LogP contribution >= 0.6 is 11.6 Å². The lowest BCUT2D eigenvalue weighted by molar-refractivity contribution is -0.142. The van der Waals surface area contributed by atoms with Gasteiger partial charge in [-0.3, -0.25) is 4.79 Å². The SMILES string of the molecule is COC(=O)C(Cl)NC(=O)[C@H](Cc1ccccc1)NC(=O)OCc1ccccc1. The summed E-state index contributed by atoms with van der Waals surface area (Å²) < 4.78 is 9.65. The number of carbonyl (C=O) groups is 3. The predicted octanol–water partition coefficient (Wildman–Crippen LogP) is 2.38. The van der Waals surface area contributed by atoms with Gasteiger partial charge in [0.15, 0.2) is 0 Å². The first-order chi connectivity index (χ1) is 13.5. The summed E-state index contributed by atoms with van der Waals surface area (Å²) in [4.78, 5) is 36.1. The highest BCUT2D eigenvalue weighted by Crippen LogP contribution is 2.06. The molecule has 0 saturated carbocycles. The molecule has 0 fully saturated rings. The van der Waals surface area contributed by atoms with E-state index in [1.54, 1.807) is 0 Å². The molecule has 0 aliphatic carbocycles. The van der Waals surface area contributed by atoms with Crippen molar-refractivity contribution in [2.45, 2.75) is 24.6 Å². The number of carbonyl (C=O) groups excluding carboxylic acids is 3. The predicted molar refractivity (Wildman–Crippen MR) is 103 cm³/mol. The molecule has 0 saturated heterocycles. The Kier molecular flexibility index (Phi) is 8.30. The van der Waals surface area contributed by atoms with Crippen molar-refractivity contribution in [2.24, 2.45) is 0 Å². The lowest BCUT2D eigenvalue weighted by Gasteiger charge is -2.20. The second-order valence-electron chi connectivity index (χ2n) is 5.84. The number of esters is 1. The lowest BCUT2D eigenvalue weighted by Crippen LogP contribution is -2.51. The molecule has 148 valence electrons. The van der Waals surface area contributed by atoms with E-state index in [9.17, 15) is 14.4 Å². The first-order valence-electron chi connectivity index (χ1n) is 8.53. The van der Waals surface area contributed by atoms with E-state index in [1.165, 1.54) is 0 Å². The van der Waals surface area contributed by atoms with Gasteiger partial charge >= 0.3 is 12.1 Å². The lowest BCUT2D eigenvalue weighted by atomic mass is 10.1. The van der Waals surface area contributed by atoms with Crippen LogP contribution in [0, 0.1) is 0 Å². The average Bonchev–Trinajstić information content (AvgIpc) is 2.72. The van der Waals surface area contributed by atoms with Gasteiger partial charge in [0.25, 0.3) is 0 Å². The molecule has 0 aromatic heterocycles. The van der Waals surface area contributed by atoms with Gasteiger partial charge < -0.3 is 20.1 Å². The number of methoxy groups -OCH3 is 1. The van der Waals surface area contributed by atoms with E-state index < -0.39 is 29.5 Å². The summed E-state index contributed by atoms with van der Waals surface area (Å²) in [7, 11) is 1.16. The summed E-state index contributed by atoms with van der Waals surface area (Å²) in [5, 5.41) is 4.83. The summed E-state index contributed by atoms with van der Waals surface area (Å²) in [5.74, 6) is -1.44. The van der Waals surface area contributed by atoms with Gasteiger partial charge in [-0.05, 0) is 11.1 Å². The zero-order valence-electron chi connectivity index (χ0n) is 15.3. The number of ether oxygens (including phenoxy) is 2.